The molecule has 1 N–H and O–H groups in total. The van der Waals surface area contributed by atoms with Crippen LogP contribution in [-0.2, 0) is 29.8 Å². The van der Waals surface area contributed by atoms with Crippen molar-refractivity contribution < 1.29 is 8.76 Å². The van der Waals surface area contributed by atoms with Crippen LogP contribution in [0.4, 0.5) is 5.69 Å². The van der Waals surface area contributed by atoms with E-state index in [1.54, 1.807) is 6.20 Å². The van der Waals surface area contributed by atoms with Crippen LogP contribution in [0.15, 0.2) is 54.9 Å². The van der Waals surface area contributed by atoms with Crippen molar-refractivity contribution in [3.05, 3.63) is 71.7 Å². The third-order valence-electron chi connectivity index (χ3n) is 4.39. The smallest absolute Gasteiger partial charge is 0.178 e. The average Bonchev–Trinajstić information content (AvgIpc) is 2.67. The van der Waals surface area contributed by atoms with Gasteiger partial charge in [0.1, 0.15) is 5.69 Å². The van der Waals surface area contributed by atoms with Gasteiger partial charge in [0.15, 0.2) is 16.9 Å². The summed E-state index contributed by atoms with van der Waals surface area (Å²) in [4.78, 5) is 15.7. The van der Waals surface area contributed by atoms with E-state index in [4.69, 9.17) is 9.54 Å². The van der Waals surface area contributed by atoms with Crippen molar-refractivity contribution in [2.75, 3.05) is 11.4 Å². The lowest BCUT2D eigenvalue weighted by molar-refractivity contribution is 0.563. The molecule has 0 saturated carbocycles. The van der Waals surface area contributed by atoms with Crippen molar-refractivity contribution in [1.82, 2.24) is 15.0 Å². The Morgan fingerprint density at radius 3 is 2.88 bits per heavy atom. The minimum absolute atomic E-state index is 0.148. The molecule has 1 unspecified atom stereocenters. The zero-order valence-corrected chi connectivity index (χ0v) is 14.9. The standard InChI is InChI=1S/C19H18N4O2S/c24-26(25)13-14-4-3-5-16(10-14)23-9-7-17-15(12-23)11-21-19(22-17)18-6-1-2-8-20-18/h1-6,8,10-11H,7,9,12-13H2,(H,24,25). The molecule has 0 spiro atoms. The number of hydrogen-bond acceptors (Lipinski definition) is 5. The summed E-state index contributed by atoms with van der Waals surface area (Å²) in [7, 11) is 0. The van der Waals surface area contributed by atoms with E-state index in [0.29, 0.717) is 5.82 Å². The van der Waals surface area contributed by atoms with Crippen molar-refractivity contribution in [2.45, 2.75) is 18.7 Å². The van der Waals surface area contributed by atoms with E-state index >= 15 is 0 Å². The van der Waals surface area contributed by atoms with Gasteiger partial charge in [-0.05, 0) is 29.8 Å². The first-order valence-corrected chi connectivity index (χ1v) is 9.64. The van der Waals surface area contributed by atoms with E-state index in [9.17, 15) is 4.21 Å². The summed E-state index contributed by atoms with van der Waals surface area (Å²) in [6.07, 6.45) is 4.45. The fourth-order valence-corrected chi connectivity index (χ4v) is 3.61. The van der Waals surface area contributed by atoms with Crippen LogP contribution in [0.25, 0.3) is 11.5 Å². The molecular formula is C19H18N4O2S. The van der Waals surface area contributed by atoms with E-state index in [0.717, 1.165) is 47.7 Å². The summed E-state index contributed by atoms with van der Waals surface area (Å²) in [6, 6.07) is 13.5. The molecule has 1 aliphatic rings. The summed E-state index contributed by atoms with van der Waals surface area (Å²) >= 11 is -1.83. The Kier molecular flexibility index (Phi) is 4.73. The van der Waals surface area contributed by atoms with Crippen LogP contribution >= 0.6 is 0 Å². The first-order valence-electron chi connectivity index (χ1n) is 8.36. The molecule has 1 atom stereocenters. The number of aromatic nitrogens is 3. The predicted molar refractivity (Wildman–Crippen MR) is 101 cm³/mol. The number of benzene rings is 1. The van der Waals surface area contributed by atoms with Gasteiger partial charge in [-0.25, -0.2) is 14.2 Å². The first kappa shape index (κ1) is 16.8. The van der Waals surface area contributed by atoms with Gasteiger partial charge in [0.2, 0.25) is 0 Å². The highest BCUT2D eigenvalue weighted by Crippen LogP contribution is 2.25. The van der Waals surface area contributed by atoms with Crippen molar-refractivity contribution >= 4 is 16.8 Å². The molecule has 0 amide bonds. The van der Waals surface area contributed by atoms with Gasteiger partial charge >= 0.3 is 0 Å². The number of anilines is 1. The predicted octanol–water partition coefficient (Wildman–Crippen LogP) is 2.82. The van der Waals surface area contributed by atoms with Crippen LogP contribution in [0, 0.1) is 0 Å². The van der Waals surface area contributed by atoms with Gasteiger partial charge in [-0.1, -0.05) is 18.2 Å². The SMILES string of the molecule is O=S(O)Cc1cccc(N2CCc3nc(-c4ccccn4)ncc3C2)c1. The molecule has 4 rings (SSSR count). The molecule has 0 aliphatic carbocycles. The van der Waals surface area contributed by atoms with E-state index in [1.807, 2.05) is 48.7 Å². The van der Waals surface area contributed by atoms with Gasteiger partial charge in [-0.3, -0.25) is 4.98 Å². The topological polar surface area (TPSA) is 79.2 Å². The lowest BCUT2D eigenvalue weighted by Crippen LogP contribution is -2.31. The maximum atomic E-state index is 11.0. The first-order chi connectivity index (χ1) is 12.7. The van der Waals surface area contributed by atoms with E-state index in [2.05, 4.69) is 14.9 Å². The van der Waals surface area contributed by atoms with Crippen LogP contribution in [0.1, 0.15) is 16.8 Å². The minimum Gasteiger partial charge on any atom is -0.367 e. The van der Waals surface area contributed by atoms with Gasteiger partial charge in [-0.15, -0.1) is 0 Å². The number of nitrogens with zero attached hydrogens (tertiary/aromatic N) is 4. The molecule has 0 fully saturated rings. The number of hydrogen-bond donors (Lipinski definition) is 1. The van der Waals surface area contributed by atoms with Gasteiger partial charge in [0.25, 0.3) is 0 Å². The highest BCUT2D eigenvalue weighted by Gasteiger charge is 2.19. The summed E-state index contributed by atoms with van der Waals surface area (Å²) in [5.74, 6) is 0.805. The molecule has 132 valence electrons. The Labute approximate surface area is 154 Å². The largest absolute Gasteiger partial charge is 0.367 e. The Morgan fingerprint density at radius 1 is 1.15 bits per heavy atom. The third-order valence-corrected chi connectivity index (χ3v) is 4.97. The van der Waals surface area contributed by atoms with Crippen molar-refractivity contribution in [2.24, 2.45) is 0 Å². The van der Waals surface area contributed by atoms with E-state index < -0.39 is 11.1 Å². The Morgan fingerprint density at radius 2 is 2.08 bits per heavy atom. The van der Waals surface area contributed by atoms with Gasteiger partial charge in [0.05, 0.1) is 11.4 Å². The van der Waals surface area contributed by atoms with Crippen molar-refractivity contribution in [3.63, 3.8) is 0 Å². The fourth-order valence-electron chi connectivity index (χ4n) is 3.14. The monoisotopic (exact) mass is 366 g/mol. The Balaban J connectivity index is 1.56. The van der Waals surface area contributed by atoms with Crippen LogP contribution in [0.2, 0.25) is 0 Å². The van der Waals surface area contributed by atoms with Gasteiger partial charge < -0.3 is 9.45 Å². The third kappa shape index (κ3) is 3.63. The van der Waals surface area contributed by atoms with Crippen molar-refractivity contribution in [3.8, 4) is 11.5 Å². The molecule has 0 radical (unpaired) electrons. The Bertz CT molecular complexity index is 949. The highest BCUT2D eigenvalue weighted by atomic mass is 32.2. The Hall–Kier alpha value is -2.64. The molecule has 0 saturated heterocycles. The summed E-state index contributed by atoms with van der Waals surface area (Å²) < 4.78 is 20.1. The van der Waals surface area contributed by atoms with E-state index in [-0.39, 0.29) is 5.75 Å². The second kappa shape index (κ2) is 7.31. The molecule has 3 aromatic rings. The maximum Gasteiger partial charge on any atom is 0.178 e. The van der Waals surface area contributed by atoms with Crippen molar-refractivity contribution in [1.29, 1.82) is 0 Å². The number of fused-ring (bicyclic) bond motifs is 1. The molecule has 0 bridgehead atoms. The molecule has 26 heavy (non-hydrogen) atoms. The van der Waals surface area contributed by atoms with Crippen LogP contribution in [-0.4, -0.2) is 30.3 Å². The fraction of sp³-hybridized carbons (Fsp3) is 0.211. The zero-order valence-electron chi connectivity index (χ0n) is 14.1. The second-order valence-corrected chi connectivity index (χ2v) is 7.12. The molecule has 7 heteroatoms. The zero-order chi connectivity index (χ0) is 17.9. The molecule has 1 aromatic carbocycles. The van der Waals surface area contributed by atoms with E-state index in [1.165, 1.54) is 0 Å². The number of rotatable bonds is 4. The molecule has 2 aromatic heterocycles. The lowest BCUT2D eigenvalue weighted by atomic mass is 10.1. The quantitative estimate of drug-likeness (QED) is 0.715. The number of pyridine rings is 1. The minimum atomic E-state index is -1.83. The lowest BCUT2D eigenvalue weighted by Gasteiger charge is -2.30. The summed E-state index contributed by atoms with van der Waals surface area (Å²) in [5.41, 5.74) is 4.85. The van der Waals surface area contributed by atoms with Crippen LogP contribution in [0.5, 0.6) is 0 Å². The van der Waals surface area contributed by atoms with Gasteiger partial charge in [-0.2, -0.15) is 0 Å². The normalized spacial score (nSPS) is 14.7. The molecular weight excluding hydrogens is 348 g/mol. The van der Waals surface area contributed by atoms with Crippen LogP contribution < -0.4 is 4.90 Å². The summed E-state index contributed by atoms with van der Waals surface area (Å²) in [6.45, 7) is 1.57. The average molecular weight is 366 g/mol. The molecule has 6 nitrogen and oxygen atoms in total. The summed E-state index contributed by atoms with van der Waals surface area (Å²) in [5, 5.41) is 0. The molecule has 3 heterocycles. The van der Waals surface area contributed by atoms with Gasteiger partial charge in [0, 0.05) is 43.2 Å². The highest BCUT2D eigenvalue weighted by molar-refractivity contribution is 7.78. The molecule has 1 aliphatic heterocycles. The maximum absolute atomic E-state index is 11.0. The van der Waals surface area contributed by atoms with Crippen LogP contribution in [0.3, 0.4) is 0 Å². The second-order valence-electron chi connectivity index (χ2n) is 6.19.